The van der Waals surface area contributed by atoms with Crippen molar-refractivity contribution in [2.75, 3.05) is 0 Å². The lowest BCUT2D eigenvalue weighted by Crippen LogP contribution is -3.00. The molecule has 0 bridgehead atoms. The van der Waals surface area contributed by atoms with Crippen LogP contribution < -0.4 is 21.5 Å². The van der Waals surface area contributed by atoms with Gasteiger partial charge in [0.1, 0.15) is 29.6 Å². The minimum absolute atomic E-state index is 0. The molecule has 2 heterocycles. The first-order chi connectivity index (χ1) is 14.6. The van der Waals surface area contributed by atoms with Crippen molar-refractivity contribution in [1.29, 1.82) is 0 Å². The van der Waals surface area contributed by atoms with Crippen LogP contribution in [0.5, 0.6) is 0 Å². The van der Waals surface area contributed by atoms with Crippen LogP contribution in [0.3, 0.4) is 0 Å². The zero-order valence-electron chi connectivity index (χ0n) is 17.5. The van der Waals surface area contributed by atoms with E-state index in [0.29, 0.717) is 6.54 Å². The number of hydrogen-bond acceptors (Lipinski definition) is 2. The molecular formula is C26H23BrN2O2. The van der Waals surface area contributed by atoms with Gasteiger partial charge in [0.05, 0.1) is 0 Å². The van der Waals surface area contributed by atoms with Crippen molar-refractivity contribution in [2.45, 2.75) is 26.4 Å². The Labute approximate surface area is 191 Å². The van der Waals surface area contributed by atoms with E-state index < -0.39 is 0 Å². The smallest absolute Gasteiger partial charge is 0.254 e. The van der Waals surface area contributed by atoms with Gasteiger partial charge in [-0.1, -0.05) is 54.6 Å². The van der Waals surface area contributed by atoms with Gasteiger partial charge in [0.2, 0.25) is 5.78 Å². The number of fused-ring (bicyclic) bond motifs is 3. The summed E-state index contributed by atoms with van der Waals surface area (Å²) < 4.78 is 10.2. The Kier molecular flexibility index (Phi) is 5.79. The summed E-state index contributed by atoms with van der Waals surface area (Å²) in [6.07, 6.45) is 4.04. The summed E-state index contributed by atoms with van der Waals surface area (Å²) in [7, 11) is 0. The van der Waals surface area contributed by atoms with Crippen molar-refractivity contribution < 1.29 is 30.8 Å². The van der Waals surface area contributed by atoms with Crippen molar-refractivity contribution >= 4 is 27.7 Å². The Bertz CT molecular complexity index is 1370. The first-order valence-electron chi connectivity index (χ1n) is 10.2. The predicted octanol–water partition coefficient (Wildman–Crippen LogP) is 2.48. The lowest BCUT2D eigenvalue weighted by molar-refractivity contribution is -0.688. The molecule has 0 saturated carbocycles. The second kappa shape index (κ2) is 8.52. The molecule has 4 nitrogen and oxygen atoms in total. The molecule has 0 aliphatic heterocycles. The molecule has 0 radical (unpaired) electrons. The zero-order chi connectivity index (χ0) is 20.7. The minimum Gasteiger partial charge on any atom is -1.00 e. The van der Waals surface area contributed by atoms with E-state index in [4.69, 9.17) is 4.42 Å². The van der Waals surface area contributed by atoms with Crippen LogP contribution in [0.15, 0.2) is 89.6 Å². The molecule has 0 fully saturated rings. The van der Waals surface area contributed by atoms with Gasteiger partial charge in [0, 0.05) is 23.3 Å². The number of halogens is 1. The highest BCUT2D eigenvalue weighted by molar-refractivity contribution is 6.05. The Morgan fingerprint density at radius 1 is 0.968 bits per heavy atom. The average Bonchev–Trinajstić information content (AvgIpc) is 3.33. The zero-order valence-corrected chi connectivity index (χ0v) is 19.0. The van der Waals surface area contributed by atoms with Crippen molar-refractivity contribution in [3.05, 3.63) is 102 Å². The maximum absolute atomic E-state index is 12.6. The third-order valence-electron chi connectivity index (χ3n) is 5.91. The summed E-state index contributed by atoms with van der Waals surface area (Å²) in [5, 5.41) is 2.26. The third-order valence-corrected chi connectivity index (χ3v) is 5.91. The average molecular weight is 475 g/mol. The SMILES string of the molecule is Cc1n(C(C)c2ccc3oc4ccccc4c3c2)cc[n+]1CC(=O)c1ccccc1.[Br-]. The molecule has 5 aromatic rings. The van der Waals surface area contributed by atoms with E-state index in [9.17, 15) is 4.79 Å². The predicted molar refractivity (Wildman–Crippen MR) is 118 cm³/mol. The minimum atomic E-state index is 0. The highest BCUT2D eigenvalue weighted by atomic mass is 79.9. The first-order valence-corrected chi connectivity index (χ1v) is 10.2. The van der Waals surface area contributed by atoms with Gasteiger partial charge < -0.3 is 21.4 Å². The van der Waals surface area contributed by atoms with Gasteiger partial charge in [-0.25, -0.2) is 9.13 Å². The molecule has 1 atom stereocenters. The monoisotopic (exact) mass is 474 g/mol. The lowest BCUT2D eigenvalue weighted by atomic mass is 10.0. The highest BCUT2D eigenvalue weighted by Crippen LogP contribution is 2.31. The van der Waals surface area contributed by atoms with Crippen molar-refractivity contribution in [3.63, 3.8) is 0 Å². The van der Waals surface area contributed by atoms with Gasteiger partial charge in [-0.3, -0.25) is 4.79 Å². The number of hydrogen-bond donors (Lipinski definition) is 0. The molecule has 0 N–H and O–H groups in total. The summed E-state index contributed by atoms with van der Waals surface area (Å²) in [4.78, 5) is 12.6. The fourth-order valence-corrected chi connectivity index (χ4v) is 4.13. The second-order valence-electron chi connectivity index (χ2n) is 7.70. The van der Waals surface area contributed by atoms with Gasteiger partial charge >= 0.3 is 0 Å². The maximum Gasteiger partial charge on any atom is 0.254 e. The number of rotatable bonds is 5. The Morgan fingerprint density at radius 2 is 1.68 bits per heavy atom. The molecule has 3 aromatic carbocycles. The maximum atomic E-state index is 12.6. The number of carbonyl (C=O) groups excluding carboxylic acids is 1. The molecule has 0 spiro atoms. The van der Waals surface area contributed by atoms with Gasteiger partial charge in [-0.05, 0) is 30.7 Å². The fourth-order valence-electron chi connectivity index (χ4n) is 4.13. The van der Waals surface area contributed by atoms with E-state index in [1.54, 1.807) is 0 Å². The number of para-hydroxylation sites is 1. The number of furan rings is 1. The Balaban J connectivity index is 0.00000231. The highest BCUT2D eigenvalue weighted by Gasteiger charge is 2.22. The number of ketones is 1. The largest absolute Gasteiger partial charge is 1.00 e. The van der Waals surface area contributed by atoms with Crippen molar-refractivity contribution in [2.24, 2.45) is 0 Å². The van der Waals surface area contributed by atoms with E-state index >= 15 is 0 Å². The molecular weight excluding hydrogens is 452 g/mol. The first kappa shape index (κ1) is 21.1. The standard InChI is InChI=1S/C26H23N2O2.BrH/c1-18(21-12-13-26-23(16-21)22-10-6-7-11-25(22)30-26)28-15-14-27(19(28)2)17-24(29)20-8-4-3-5-9-20;/h3-16,18H,17H2,1-2H3;1H/q+1;/p-1. The Morgan fingerprint density at radius 3 is 2.48 bits per heavy atom. The molecule has 31 heavy (non-hydrogen) atoms. The van der Waals surface area contributed by atoms with Gasteiger partial charge in [-0.15, -0.1) is 0 Å². The number of imidazole rings is 1. The molecule has 0 aliphatic carbocycles. The summed E-state index contributed by atoms with van der Waals surface area (Å²) in [6.45, 7) is 4.57. The summed E-state index contributed by atoms with van der Waals surface area (Å²) >= 11 is 0. The number of carbonyl (C=O) groups is 1. The lowest BCUT2D eigenvalue weighted by Gasteiger charge is -2.11. The van der Waals surface area contributed by atoms with E-state index in [-0.39, 0.29) is 28.8 Å². The molecule has 0 aliphatic rings. The van der Waals surface area contributed by atoms with E-state index in [1.807, 2.05) is 65.4 Å². The summed E-state index contributed by atoms with van der Waals surface area (Å²) in [6, 6.07) is 24.1. The quantitative estimate of drug-likeness (QED) is 0.290. The molecule has 2 aromatic heterocycles. The van der Waals surface area contributed by atoms with Crippen LogP contribution in [0.25, 0.3) is 21.9 Å². The van der Waals surface area contributed by atoms with Crippen molar-refractivity contribution in [1.82, 2.24) is 4.57 Å². The topological polar surface area (TPSA) is 39.0 Å². The molecule has 5 heteroatoms. The second-order valence-corrected chi connectivity index (χ2v) is 7.70. The molecule has 0 saturated heterocycles. The molecule has 0 amide bonds. The molecule has 1 unspecified atom stereocenters. The summed E-state index contributed by atoms with van der Waals surface area (Å²) in [5.41, 5.74) is 3.75. The van der Waals surface area contributed by atoms with Gasteiger partial charge in [0.25, 0.3) is 5.82 Å². The van der Waals surface area contributed by atoms with Crippen LogP contribution in [0.4, 0.5) is 0 Å². The van der Waals surface area contributed by atoms with Crippen LogP contribution in [0.1, 0.15) is 34.7 Å². The van der Waals surface area contributed by atoms with Crippen LogP contribution in [-0.4, -0.2) is 10.4 Å². The van der Waals surface area contributed by atoms with Crippen LogP contribution >= 0.6 is 0 Å². The summed E-state index contributed by atoms with van der Waals surface area (Å²) in [5.74, 6) is 1.16. The van der Waals surface area contributed by atoms with Crippen LogP contribution in [0.2, 0.25) is 0 Å². The van der Waals surface area contributed by atoms with Gasteiger partial charge in [0.15, 0.2) is 6.54 Å². The van der Waals surface area contributed by atoms with Gasteiger partial charge in [-0.2, -0.15) is 0 Å². The molecule has 156 valence electrons. The fraction of sp³-hybridized carbons (Fsp3) is 0.154. The van der Waals surface area contributed by atoms with Crippen LogP contribution in [0, 0.1) is 6.92 Å². The Hall–Kier alpha value is -3.18. The number of nitrogens with zero attached hydrogens (tertiary/aromatic N) is 2. The number of aromatic nitrogens is 2. The normalized spacial score (nSPS) is 12.1. The van der Waals surface area contributed by atoms with Crippen LogP contribution in [-0.2, 0) is 6.54 Å². The number of Topliss-reactive ketones (excluding diaryl/α,β-unsaturated/α-hetero) is 1. The van der Waals surface area contributed by atoms with E-state index in [2.05, 4.69) is 42.8 Å². The third kappa shape index (κ3) is 3.81. The van der Waals surface area contributed by atoms with E-state index in [1.165, 1.54) is 5.56 Å². The van der Waals surface area contributed by atoms with Crippen molar-refractivity contribution in [3.8, 4) is 0 Å². The van der Waals surface area contributed by atoms with E-state index in [0.717, 1.165) is 33.3 Å². The molecule has 5 rings (SSSR count). The number of benzene rings is 3.